The van der Waals surface area contributed by atoms with E-state index in [-0.39, 0.29) is 12.0 Å². The number of benzene rings is 1. The molecule has 0 aliphatic rings. The topological polar surface area (TPSA) is 38.9 Å². The minimum atomic E-state index is -0.529. The first-order valence-corrected chi connectivity index (χ1v) is 6.10. The van der Waals surface area contributed by atoms with Crippen LogP contribution < -0.4 is 5.73 Å². The maximum absolute atomic E-state index is 13.5. The van der Waals surface area contributed by atoms with Crippen molar-refractivity contribution in [3.63, 3.8) is 0 Å². The molecular weight excluding hydrogens is 242 g/mol. The number of halogens is 2. The lowest BCUT2D eigenvalue weighted by molar-refractivity contribution is 0.561. The molecule has 90 valence electrons. The van der Waals surface area contributed by atoms with Crippen LogP contribution in [0.2, 0.25) is 0 Å². The maximum atomic E-state index is 13.5. The number of rotatable bonds is 3. The van der Waals surface area contributed by atoms with Gasteiger partial charge in [0.1, 0.15) is 11.6 Å². The largest absolute Gasteiger partial charge is 0.375 e. The first-order chi connectivity index (χ1) is 8.11. The second-order valence-electron chi connectivity index (χ2n) is 3.65. The van der Waals surface area contributed by atoms with Gasteiger partial charge in [-0.05, 0) is 18.6 Å². The fourth-order valence-electron chi connectivity index (χ4n) is 1.68. The maximum Gasteiger partial charge on any atom is 0.180 e. The van der Waals surface area contributed by atoms with Crippen LogP contribution in [0, 0.1) is 11.6 Å². The number of nitrogen functional groups attached to an aromatic ring is 1. The Hall–Kier alpha value is -1.49. The lowest BCUT2D eigenvalue weighted by atomic mass is 10.1. The summed E-state index contributed by atoms with van der Waals surface area (Å²) in [5.74, 6) is -1.06. The molecule has 2 aromatic rings. The summed E-state index contributed by atoms with van der Waals surface area (Å²) in [5.41, 5.74) is 6.49. The molecule has 0 aliphatic carbocycles. The van der Waals surface area contributed by atoms with Crippen molar-refractivity contribution >= 4 is 16.5 Å². The molecule has 1 heterocycles. The summed E-state index contributed by atoms with van der Waals surface area (Å²) < 4.78 is 27.0. The third kappa shape index (κ3) is 2.44. The Balaban J connectivity index is 2.37. The molecule has 0 saturated carbocycles. The van der Waals surface area contributed by atoms with E-state index in [2.05, 4.69) is 4.98 Å². The molecule has 0 atom stereocenters. The van der Waals surface area contributed by atoms with E-state index >= 15 is 0 Å². The second kappa shape index (κ2) is 4.79. The number of aromatic nitrogens is 1. The van der Waals surface area contributed by atoms with Gasteiger partial charge in [-0.1, -0.05) is 13.0 Å². The standard InChI is InChI=1S/C12H12F2N2S/c1-2-10-11(17-12(15)16-10)6-7-8(13)4-3-5-9(7)14/h3-5H,2,6H2,1H3,(H2,15,16). The van der Waals surface area contributed by atoms with E-state index in [1.807, 2.05) is 6.92 Å². The van der Waals surface area contributed by atoms with Gasteiger partial charge in [-0.15, -0.1) is 11.3 Å². The van der Waals surface area contributed by atoms with Crippen LogP contribution in [-0.2, 0) is 12.8 Å². The summed E-state index contributed by atoms with van der Waals surface area (Å²) in [5, 5.41) is 0.439. The van der Waals surface area contributed by atoms with E-state index in [4.69, 9.17) is 5.73 Å². The summed E-state index contributed by atoms with van der Waals surface area (Å²) in [7, 11) is 0. The Labute approximate surface area is 102 Å². The Morgan fingerprint density at radius 2 is 1.94 bits per heavy atom. The van der Waals surface area contributed by atoms with Gasteiger partial charge in [-0.25, -0.2) is 13.8 Å². The van der Waals surface area contributed by atoms with E-state index in [1.165, 1.54) is 29.5 Å². The smallest absolute Gasteiger partial charge is 0.180 e. The van der Waals surface area contributed by atoms with Crippen molar-refractivity contribution in [1.29, 1.82) is 0 Å². The fourth-order valence-corrected chi connectivity index (χ4v) is 2.61. The van der Waals surface area contributed by atoms with Crippen LogP contribution in [0.25, 0.3) is 0 Å². The van der Waals surface area contributed by atoms with E-state index in [9.17, 15) is 8.78 Å². The molecule has 1 aromatic carbocycles. The lowest BCUT2D eigenvalue weighted by Gasteiger charge is -2.04. The van der Waals surface area contributed by atoms with Crippen molar-refractivity contribution < 1.29 is 8.78 Å². The predicted octanol–water partition coefficient (Wildman–Crippen LogP) is 3.16. The van der Waals surface area contributed by atoms with Crippen LogP contribution in [0.3, 0.4) is 0 Å². The molecule has 0 unspecified atom stereocenters. The third-order valence-corrected chi connectivity index (χ3v) is 3.46. The number of aryl methyl sites for hydroxylation is 1. The molecule has 5 heteroatoms. The van der Waals surface area contributed by atoms with Crippen molar-refractivity contribution in [3.05, 3.63) is 46.0 Å². The minimum absolute atomic E-state index is 0.0749. The van der Waals surface area contributed by atoms with Gasteiger partial charge in [-0.2, -0.15) is 0 Å². The lowest BCUT2D eigenvalue weighted by Crippen LogP contribution is -1.98. The monoisotopic (exact) mass is 254 g/mol. The summed E-state index contributed by atoms with van der Waals surface area (Å²) in [6.07, 6.45) is 0.912. The third-order valence-electron chi connectivity index (χ3n) is 2.53. The van der Waals surface area contributed by atoms with Crippen molar-refractivity contribution in [3.8, 4) is 0 Å². The molecule has 0 saturated heterocycles. The van der Waals surface area contributed by atoms with E-state index in [0.29, 0.717) is 11.6 Å². The van der Waals surface area contributed by atoms with Crippen LogP contribution in [0.5, 0.6) is 0 Å². The first-order valence-electron chi connectivity index (χ1n) is 5.28. The molecule has 2 N–H and O–H groups in total. The minimum Gasteiger partial charge on any atom is -0.375 e. The Morgan fingerprint density at radius 1 is 1.29 bits per heavy atom. The molecule has 0 bridgehead atoms. The molecule has 0 radical (unpaired) electrons. The van der Waals surface area contributed by atoms with E-state index in [0.717, 1.165) is 10.6 Å². The molecule has 17 heavy (non-hydrogen) atoms. The Kier molecular flexibility index (Phi) is 3.38. The van der Waals surface area contributed by atoms with Gasteiger partial charge in [0.15, 0.2) is 5.13 Å². The van der Waals surface area contributed by atoms with Gasteiger partial charge in [0.2, 0.25) is 0 Å². The molecular formula is C12H12F2N2S. The van der Waals surface area contributed by atoms with Gasteiger partial charge in [0, 0.05) is 16.9 Å². The SMILES string of the molecule is CCc1nc(N)sc1Cc1c(F)cccc1F. The van der Waals surface area contributed by atoms with Gasteiger partial charge in [0.05, 0.1) is 5.69 Å². The molecule has 2 rings (SSSR count). The number of hydrogen-bond donors (Lipinski definition) is 1. The summed E-state index contributed by atoms with van der Waals surface area (Å²) in [6.45, 7) is 1.94. The van der Waals surface area contributed by atoms with Gasteiger partial charge in [-0.3, -0.25) is 0 Å². The highest BCUT2D eigenvalue weighted by atomic mass is 32.1. The average Bonchev–Trinajstić information content (AvgIpc) is 2.64. The normalized spacial score (nSPS) is 10.8. The average molecular weight is 254 g/mol. The Bertz CT molecular complexity index is 517. The van der Waals surface area contributed by atoms with Crippen molar-refractivity contribution in [2.24, 2.45) is 0 Å². The molecule has 0 amide bonds. The summed E-state index contributed by atoms with van der Waals surface area (Å²) in [6, 6.07) is 3.87. The molecule has 0 fully saturated rings. The highest BCUT2D eigenvalue weighted by Crippen LogP contribution is 2.26. The predicted molar refractivity (Wildman–Crippen MR) is 65.1 cm³/mol. The van der Waals surface area contributed by atoms with Crippen molar-refractivity contribution in [2.75, 3.05) is 5.73 Å². The summed E-state index contributed by atoms with van der Waals surface area (Å²) >= 11 is 1.28. The zero-order chi connectivity index (χ0) is 12.4. The summed E-state index contributed by atoms with van der Waals surface area (Å²) in [4.78, 5) is 4.96. The number of hydrogen-bond acceptors (Lipinski definition) is 3. The van der Waals surface area contributed by atoms with Gasteiger partial charge in [0.25, 0.3) is 0 Å². The highest BCUT2D eigenvalue weighted by molar-refractivity contribution is 7.15. The molecule has 0 aliphatic heterocycles. The molecule has 1 aromatic heterocycles. The van der Waals surface area contributed by atoms with Crippen LogP contribution >= 0.6 is 11.3 Å². The van der Waals surface area contributed by atoms with Crippen molar-refractivity contribution in [1.82, 2.24) is 4.98 Å². The van der Waals surface area contributed by atoms with Crippen LogP contribution in [-0.4, -0.2) is 4.98 Å². The fraction of sp³-hybridized carbons (Fsp3) is 0.250. The van der Waals surface area contributed by atoms with Crippen LogP contribution in [0.4, 0.5) is 13.9 Å². The zero-order valence-electron chi connectivity index (χ0n) is 9.34. The second-order valence-corrected chi connectivity index (χ2v) is 4.77. The van der Waals surface area contributed by atoms with Gasteiger partial charge >= 0.3 is 0 Å². The van der Waals surface area contributed by atoms with E-state index in [1.54, 1.807) is 0 Å². The quantitative estimate of drug-likeness (QED) is 0.913. The van der Waals surface area contributed by atoms with Crippen LogP contribution in [0.15, 0.2) is 18.2 Å². The van der Waals surface area contributed by atoms with Crippen LogP contribution in [0.1, 0.15) is 23.1 Å². The molecule has 2 nitrogen and oxygen atoms in total. The van der Waals surface area contributed by atoms with E-state index < -0.39 is 11.6 Å². The number of anilines is 1. The number of nitrogens with two attached hydrogens (primary N) is 1. The highest BCUT2D eigenvalue weighted by Gasteiger charge is 2.14. The number of thiazole rings is 1. The number of nitrogens with zero attached hydrogens (tertiary/aromatic N) is 1. The zero-order valence-corrected chi connectivity index (χ0v) is 10.2. The first kappa shape index (κ1) is 12.0. The molecule has 0 spiro atoms. The Morgan fingerprint density at radius 3 is 2.53 bits per heavy atom. The van der Waals surface area contributed by atoms with Gasteiger partial charge < -0.3 is 5.73 Å². The van der Waals surface area contributed by atoms with Crippen molar-refractivity contribution in [2.45, 2.75) is 19.8 Å².